The van der Waals surface area contributed by atoms with Crippen LogP contribution < -0.4 is 11.0 Å². The van der Waals surface area contributed by atoms with Crippen LogP contribution in [0.2, 0.25) is 0 Å². The van der Waals surface area contributed by atoms with E-state index in [2.05, 4.69) is 15.3 Å². The largest absolute Gasteiger partial charge is 0.481 e. The van der Waals surface area contributed by atoms with E-state index in [0.29, 0.717) is 5.69 Å². The van der Waals surface area contributed by atoms with Crippen LogP contribution in [0, 0.1) is 0 Å². The molecule has 1 aromatic rings. The summed E-state index contributed by atoms with van der Waals surface area (Å²) >= 11 is 0. The van der Waals surface area contributed by atoms with E-state index in [1.165, 1.54) is 6.07 Å². The monoisotopic (exact) mass is 281 g/mol. The van der Waals surface area contributed by atoms with Gasteiger partial charge in [0.25, 0.3) is 5.91 Å². The number of carbonyl (C=O) groups is 2. The van der Waals surface area contributed by atoms with Crippen molar-refractivity contribution < 1.29 is 14.7 Å². The van der Waals surface area contributed by atoms with Crippen molar-refractivity contribution in [3.05, 3.63) is 27.9 Å². The lowest BCUT2D eigenvalue weighted by atomic mass is 9.91. The summed E-state index contributed by atoms with van der Waals surface area (Å²) in [6.45, 7) is 7.26. The second-order valence-electron chi connectivity index (χ2n) is 5.71. The molecule has 0 aromatic carbocycles. The Labute approximate surface area is 116 Å². The minimum absolute atomic E-state index is 0.0177. The van der Waals surface area contributed by atoms with Gasteiger partial charge in [-0.2, -0.15) is 4.98 Å². The Bertz CT molecular complexity index is 572. The Morgan fingerprint density at radius 3 is 2.55 bits per heavy atom. The maximum atomic E-state index is 11.9. The molecule has 1 atom stereocenters. The van der Waals surface area contributed by atoms with Crippen molar-refractivity contribution in [2.75, 3.05) is 0 Å². The van der Waals surface area contributed by atoms with Crippen LogP contribution in [0.15, 0.2) is 10.9 Å². The summed E-state index contributed by atoms with van der Waals surface area (Å²) in [5, 5.41) is 11.1. The number of hydrogen-bond acceptors (Lipinski definition) is 4. The second-order valence-corrected chi connectivity index (χ2v) is 5.71. The van der Waals surface area contributed by atoms with Crippen LogP contribution in [0.3, 0.4) is 0 Å². The average Bonchev–Trinajstić information content (AvgIpc) is 2.25. The summed E-state index contributed by atoms with van der Waals surface area (Å²) in [7, 11) is 0. The first-order valence-electron chi connectivity index (χ1n) is 6.24. The van der Waals surface area contributed by atoms with Gasteiger partial charge in [0.05, 0.1) is 6.42 Å². The third-order valence-electron chi connectivity index (χ3n) is 2.64. The Balaban J connectivity index is 2.97. The molecule has 7 nitrogen and oxygen atoms in total. The molecule has 1 amide bonds. The minimum atomic E-state index is -1.01. The van der Waals surface area contributed by atoms with Crippen molar-refractivity contribution in [1.29, 1.82) is 0 Å². The fourth-order valence-electron chi connectivity index (χ4n) is 1.59. The topological polar surface area (TPSA) is 112 Å². The predicted molar refractivity (Wildman–Crippen MR) is 72.7 cm³/mol. The van der Waals surface area contributed by atoms with Crippen LogP contribution in [0.5, 0.6) is 0 Å². The molecule has 0 aliphatic carbocycles. The molecule has 0 saturated heterocycles. The molecule has 1 aromatic heterocycles. The molecule has 0 spiro atoms. The molecule has 7 heteroatoms. The van der Waals surface area contributed by atoms with Crippen LogP contribution in [0.25, 0.3) is 0 Å². The lowest BCUT2D eigenvalue weighted by Crippen LogP contribution is -2.36. The standard InChI is InChI=1S/C13H19N3O4/c1-7(5-10(17)18)14-11(19)8-6-9(13(2,3)4)16-12(20)15-8/h6-7H,5H2,1-4H3,(H,14,19)(H,17,18)(H,15,16,20)/t7-/m1/s1. The molecule has 1 heterocycles. The molecular weight excluding hydrogens is 262 g/mol. The van der Waals surface area contributed by atoms with Gasteiger partial charge in [-0.3, -0.25) is 9.59 Å². The summed E-state index contributed by atoms with van der Waals surface area (Å²) in [5.74, 6) is -1.57. The quantitative estimate of drug-likeness (QED) is 0.750. The number of aliphatic carboxylic acids is 1. The summed E-state index contributed by atoms with van der Waals surface area (Å²) in [6.07, 6.45) is -0.193. The maximum absolute atomic E-state index is 11.9. The number of carbonyl (C=O) groups excluding carboxylic acids is 1. The van der Waals surface area contributed by atoms with Gasteiger partial charge < -0.3 is 15.4 Å². The van der Waals surface area contributed by atoms with Crippen LogP contribution in [0.4, 0.5) is 0 Å². The number of nitrogens with zero attached hydrogens (tertiary/aromatic N) is 1. The van der Waals surface area contributed by atoms with Gasteiger partial charge in [-0.25, -0.2) is 4.79 Å². The Kier molecular flexibility index (Phi) is 4.65. The van der Waals surface area contributed by atoms with E-state index in [-0.39, 0.29) is 17.5 Å². The van der Waals surface area contributed by atoms with Crippen LogP contribution in [-0.2, 0) is 10.2 Å². The Morgan fingerprint density at radius 1 is 1.45 bits per heavy atom. The summed E-state index contributed by atoms with van der Waals surface area (Å²) in [6, 6.07) is 0.962. The third-order valence-corrected chi connectivity index (χ3v) is 2.64. The molecule has 0 aliphatic heterocycles. The fourth-order valence-corrected chi connectivity index (χ4v) is 1.59. The minimum Gasteiger partial charge on any atom is -0.481 e. The Hall–Kier alpha value is -2.18. The van der Waals surface area contributed by atoms with Gasteiger partial charge in [0.15, 0.2) is 0 Å². The van der Waals surface area contributed by atoms with Gasteiger partial charge in [0, 0.05) is 17.2 Å². The van der Waals surface area contributed by atoms with Gasteiger partial charge in [-0.15, -0.1) is 0 Å². The van der Waals surface area contributed by atoms with E-state index in [4.69, 9.17) is 5.11 Å². The normalized spacial score (nSPS) is 12.8. The molecule has 0 fully saturated rings. The van der Waals surface area contributed by atoms with Crippen LogP contribution >= 0.6 is 0 Å². The molecule has 0 saturated carbocycles. The number of carboxylic acids is 1. The van der Waals surface area contributed by atoms with Crippen molar-refractivity contribution in [3.63, 3.8) is 0 Å². The number of carboxylic acid groups (broad SMARTS) is 1. The zero-order valence-corrected chi connectivity index (χ0v) is 12.0. The first-order chi connectivity index (χ1) is 9.09. The highest BCUT2D eigenvalue weighted by Crippen LogP contribution is 2.18. The van der Waals surface area contributed by atoms with Gasteiger partial charge in [0.1, 0.15) is 5.69 Å². The fraction of sp³-hybridized carbons (Fsp3) is 0.538. The predicted octanol–water partition coefficient (Wildman–Crippen LogP) is 0.660. The number of H-pyrrole nitrogens is 1. The van der Waals surface area contributed by atoms with Crippen LogP contribution in [0.1, 0.15) is 50.3 Å². The van der Waals surface area contributed by atoms with E-state index in [0.717, 1.165) is 0 Å². The molecule has 1 rings (SSSR count). The van der Waals surface area contributed by atoms with Gasteiger partial charge in [-0.1, -0.05) is 20.8 Å². The second kappa shape index (κ2) is 5.85. The van der Waals surface area contributed by atoms with E-state index in [1.54, 1.807) is 6.92 Å². The molecule has 0 aliphatic rings. The smallest absolute Gasteiger partial charge is 0.345 e. The average molecular weight is 281 g/mol. The molecule has 110 valence electrons. The highest BCUT2D eigenvalue weighted by molar-refractivity contribution is 5.92. The number of aromatic amines is 1. The number of aromatic nitrogens is 2. The van der Waals surface area contributed by atoms with Gasteiger partial charge in [0.2, 0.25) is 0 Å². The van der Waals surface area contributed by atoms with E-state index < -0.39 is 23.6 Å². The molecule has 3 N–H and O–H groups in total. The highest BCUT2D eigenvalue weighted by atomic mass is 16.4. The van der Waals surface area contributed by atoms with E-state index in [9.17, 15) is 14.4 Å². The zero-order valence-electron chi connectivity index (χ0n) is 12.0. The molecule has 20 heavy (non-hydrogen) atoms. The molecule has 0 radical (unpaired) electrons. The molecular formula is C13H19N3O4. The summed E-state index contributed by atoms with van der Waals surface area (Å²) in [5.41, 5.74) is -0.359. The first-order valence-corrected chi connectivity index (χ1v) is 6.24. The van der Waals surface area contributed by atoms with Crippen molar-refractivity contribution in [1.82, 2.24) is 15.3 Å². The van der Waals surface area contributed by atoms with E-state index >= 15 is 0 Å². The SMILES string of the molecule is C[C@H](CC(=O)O)NC(=O)c1cc(C(C)(C)C)[nH]c(=O)n1. The van der Waals surface area contributed by atoms with Crippen molar-refractivity contribution in [2.24, 2.45) is 0 Å². The molecule has 0 unspecified atom stereocenters. The van der Waals surface area contributed by atoms with Gasteiger partial charge >= 0.3 is 11.7 Å². The summed E-state index contributed by atoms with van der Waals surface area (Å²) < 4.78 is 0. The number of hydrogen-bond donors (Lipinski definition) is 3. The summed E-state index contributed by atoms with van der Waals surface area (Å²) in [4.78, 5) is 40.2. The number of rotatable bonds is 4. The van der Waals surface area contributed by atoms with Gasteiger partial charge in [-0.05, 0) is 13.0 Å². The lowest BCUT2D eigenvalue weighted by Gasteiger charge is -2.19. The highest BCUT2D eigenvalue weighted by Gasteiger charge is 2.20. The number of amides is 1. The van der Waals surface area contributed by atoms with Crippen molar-refractivity contribution in [2.45, 2.75) is 45.6 Å². The first kappa shape index (κ1) is 15.9. The Morgan fingerprint density at radius 2 is 2.05 bits per heavy atom. The van der Waals surface area contributed by atoms with Crippen molar-refractivity contribution >= 4 is 11.9 Å². The van der Waals surface area contributed by atoms with Crippen molar-refractivity contribution in [3.8, 4) is 0 Å². The molecule has 0 bridgehead atoms. The third kappa shape index (κ3) is 4.49. The zero-order chi connectivity index (χ0) is 15.5. The van der Waals surface area contributed by atoms with Crippen LogP contribution in [-0.4, -0.2) is 33.0 Å². The lowest BCUT2D eigenvalue weighted by molar-refractivity contribution is -0.137. The number of nitrogens with one attached hydrogen (secondary N) is 2. The van der Waals surface area contributed by atoms with E-state index in [1.807, 2.05) is 20.8 Å². The maximum Gasteiger partial charge on any atom is 0.345 e.